The van der Waals surface area contributed by atoms with Crippen LogP contribution < -0.4 is 4.72 Å². The second kappa shape index (κ2) is 4.89. The third kappa shape index (κ3) is 2.53. The van der Waals surface area contributed by atoms with E-state index in [4.69, 9.17) is 5.26 Å². The molecule has 0 heterocycles. The van der Waals surface area contributed by atoms with E-state index in [-0.39, 0.29) is 16.4 Å². The fourth-order valence-corrected chi connectivity index (χ4v) is 3.67. The first-order valence-electron chi connectivity index (χ1n) is 6.08. The fourth-order valence-electron chi connectivity index (χ4n) is 2.09. The summed E-state index contributed by atoms with van der Waals surface area (Å²) in [6, 6.07) is 7.50. The van der Waals surface area contributed by atoms with Gasteiger partial charge in [-0.3, -0.25) is 4.79 Å². The standard InChI is InChI=1S/C13H14N2O4S/c1-13(12(16)17,10-6-7-10)15-20(18,19)11-5-3-2-4-9(11)8-14/h2-5,10,15H,6-7H2,1H3,(H,16,17). The van der Waals surface area contributed by atoms with Gasteiger partial charge in [-0.1, -0.05) is 12.1 Å². The maximum atomic E-state index is 12.3. The molecule has 0 radical (unpaired) electrons. The Bertz CT molecular complexity index is 689. The van der Waals surface area contributed by atoms with Crippen LogP contribution in [-0.2, 0) is 14.8 Å². The molecule has 6 nitrogen and oxygen atoms in total. The normalized spacial score (nSPS) is 18.0. The summed E-state index contributed by atoms with van der Waals surface area (Å²) in [5, 5.41) is 18.2. The number of nitriles is 1. The highest BCUT2D eigenvalue weighted by Crippen LogP contribution is 2.40. The van der Waals surface area contributed by atoms with Crippen LogP contribution in [0, 0.1) is 17.2 Å². The van der Waals surface area contributed by atoms with Crippen molar-refractivity contribution in [2.75, 3.05) is 0 Å². The molecule has 20 heavy (non-hydrogen) atoms. The molecule has 1 aliphatic rings. The van der Waals surface area contributed by atoms with E-state index >= 15 is 0 Å². The van der Waals surface area contributed by atoms with E-state index in [1.165, 1.54) is 25.1 Å². The first kappa shape index (κ1) is 14.5. The Morgan fingerprint density at radius 3 is 2.55 bits per heavy atom. The summed E-state index contributed by atoms with van der Waals surface area (Å²) in [5.41, 5.74) is -1.55. The van der Waals surface area contributed by atoms with Crippen molar-refractivity contribution in [2.45, 2.75) is 30.2 Å². The molecule has 0 aliphatic heterocycles. The lowest BCUT2D eigenvalue weighted by Gasteiger charge is -2.26. The van der Waals surface area contributed by atoms with Gasteiger partial charge >= 0.3 is 5.97 Å². The highest BCUT2D eigenvalue weighted by molar-refractivity contribution is 7.89. The first-order valence-corrected chi connectivity index (χ1v) is 7.56. The van der Waals surface area contributed by atoms with Crippen molar-refractivity contribution in [1.29, 1.82) is 5.26 Å². The predicted octanol–water partition coefficient (Wildman–Crippen LogP) is 1.09. The van der Waals surface area contributed by atoms with Gasteiger partial charge in [-0.05, 0) is 37.8 Å². The minimum Gasteiger partial charge on any atom is -0.480 e. The van der Waals surface area contributed by atoms with Crippen LogP contribution in [-0.4, -0.2) is 25.0 Å². The monoisotopic (exact) mass is 294 g/mol. The minimum atomic E-state index is -4.06. The molecule has 1 aromatic carbocycles. The number of nitrogens with zero attached hydrogens (tertiary/aromatic N) is 1. The zero-order valence-corrected chi connectivity index (χ0v) is 11.6. The lowest BCUT2D eigenvalue weighted by Crippen LogP contribution is -2.53. The van der Waals surface area contributed by atoms with Crippen molar-refractivity contribution in [3.05, 3.63) is 29.8 Å². The molecule has 1 unspecified atom stereocenters. The van der Waals surface area contributed by atoms with E-state index in [0.29, 0.717) is 12.8 Å². The molecule has 0 amide bonds. The van der Waals surface area contributed by atoms with Gasteiger partial charge < -0.3 is 5.11 Å². The van der Waals surface area contributed by atoms with E-state index < -0.39 is 21.5 Å². The Kier molecular flexibility index (Phi) is 3.54. The number of hydrogen-bond donors (Lipinski definition) is 2. The van der Waals surface area contributed by atoms with Crippen LogP contribution in [0.1, 0.15) is 25.3 Å². The highest BCUT2D eigenvalue weighted by Gasteiger charge is 2.50. The summed E-state index contributed by atoms with van der Waals surface area (Å²) >= 11 is 0. The number of hydrogen-bond acceptors (Lipinski definition) is 4. The third-order valence-corrected chi connectivity index (χ3v) is 5.11. The zero-order valence-electron chi connectivity index (χ0n) is 10.8. The van der Waals surface area contributed by atoms with Crippen LogP contribution in [0.5, 0.6) is 0 Å². The molecular formula is C13H14N2O4S. The van der Waals surface area contributed by atoms with Gasteiger partial charge in [0.05, 0.1) is 10.5 Å². The fraction of sp³-hybridized carbons (Fsp3) is 0.385. The number of nitrogens with one attached hydrogen (secondary N) is 1. The molecule has 1 fully saturated rings. The third-order valence-electron chi connectivity index (χ3n) is 3.48. The first-order chi connectivity index (χ1) is 9.31. The van der Waals surface area contributed by atoms with Gasteiger partial charge in [-0.25, -0.2) is 8.42 Å². The molecule has 2 rings (SSSR count). The quantitative estimate of drug-likeness (QED) is 0.845. The van der Waals surface area contributed by atoms with Crippen molar-refractivity contribution in [3.8, 4) is 6.07 Å². The molecular weight excluding hydrogens is 280 g/mol. The van der Waals surface area contributed by atoms with Crippen LogP contribution in [0.25, 0.3) is 0 Å². The number of aliphatic carboxylic acids is 1. The van der Waals surface area contributed by atoms with Gasteiger partial charge in [0.1, 0.15) is 11.6 Å². The minimum absolute atomic E-state index is 0.0106. The van der Waals surface area contributed by atoms with Crippen LogP contribution in [0.2, 0.25) is 0 Å². The van der Waals surface area contributed by atoms with Gasteiger partial charge in [0.15, 0.2) is 0 Å². The molecule has 1 aromatic rings. The molecule has 1 saturated carbocycles. The molecule has 7 heteroatoms. The van der Waals surface area contributed by atoms with Crippen LogP contribution >= 0.6 is 0 Å². The summed E-state index contributed by atoms with van der Waals surface area (Å²) in [5.74, 6) is -1.43. The average Bonchev–Trinajstić information content (AvgIpc) is 3.22. The van der Waals surface area contributed by atoms with Crippen LogP contribution in [0.3, 0.4) is 0 Å². The van der Waals surface area contributed by atoms with Crippen LogP contribution in [0.4, 0.5) is 0 Å². The zero-order chi connectivity index (χ0) is 15.0. The van der Waals surface area contributed by atoms with Gasteiger partial charge in [0.2, 0.25) is 10.0 Å². The van der Waals surface area contributed by atoms with E-state index in [1.807, 2.05) is 0 Å². The van der Waals surface area contributed by atoms with Gasteiger partial charge in [0, 0.05) is 0 Å². The van der Waals surface area contributed by atoms with Crippen molar-refractivity contribution in [3.63, 3.8) is 0 Å². The summed E-state index contributed by atoms with van der Waals surface area (Å²) in [4.78, 5) is 11.2. The maximum Gasteiger partial charge on any atom is 0.324 e. The van der Waals surface area contributed by atoms with Crippen molar-refractivity contribution < 1.29 is 18.3 Å². The second-order valence-corrected chi connectivity index (χ2v) is 6.65. The molecule has 0 saturated heterocycles. The van der Waals surface area contributed by atoms with E-state index in [0.717, 1.165) is 0 Å². The smallest absolute Gasteiger partial charge is 0.324 e. The lowest BCUT2D eigenvalue weighted by atomic mass is 9.98. The Labute approximate surface area is 117 Å². The van der Waals surface area contributed by atoms with Crippen LogP contribution in [0.15, 0.2) is 29.2 Å². The van der Waals surface area contributed by atoms with Gasteiger partial charge in [0.25, 0.3) is 0 Å². The predicted molar refractivity (Wildman–Crippen MR) is 70.2 cm³/mol. The van der Waals surface area contributed by atoms with E-state index in [1.54, 1.807) is 12.1 Å². The average molecular weight is 294 g/mol. The Balaban J connectivity index is 2.41. The molecule has 1 aliphatic carbocycles. The number of sulfonamides is 1. The maximum absolute atomic E-state index is 12.3. The van der Waals surface area contributed by atoms with Crippen molar-refractivity contribution in [2.24, 2.45) is 5.92 Å². The highest BCUT2D eigenvalue weighted by atomic mass is 32.2. The number of benzene rings is 1. The summed E-state index contributed by atoms with van der Waals surface area (Å²) < 4.78 is 26.9. The largest absolute Gasteiger partial charge is 0.480 e. The molecule has 106 valence electrons. The molecule has 1 atom stereocenters. The summed E-state index contributed by atoms with van der Waals surface area (Å²) in [6.07, 6.45) is 1.34. The van der Waals surface area contributed by atoms with E-state index in [9.17, 15) is 18.3 Å². The summed E-state index contributed by atoms with van der Waals surface area (Å²) in [6.45, 7) is 1.36. The van der Waals surface area contributed by atoms with Gasteiger partial charge in [-0.2, -0.15) is 9.98 Å². The lowest BCUT2D eigenvalue weighted by molar-refractivity contribution is -0.144. The second-order valence-electron chi connectivity index (χ2n) is 5.00. The Morgan fingerprint density at radius 2 is 2.05 bits per heavy atom. The number of rotatable bonds is 5. The molecule has 2 N–H and O–H groups in total. The van der Waals surface area contributed by atoms with Gasteiger partial charge in [-0.15, -0.1) is 0 Å². The summed E-state index contributed by atoms with van der Waals surface area (Å²) in [7, 11) is -4.06. The Hall–Kier alpha value is -1.91. The SMILES string of the molecule is CC(NS(=O)(=O)c1ccccc1C#N)(C(=O)O)C1CC1. The van der Waals surface area contributed by atoms with E-state index in [2.05, 4.69) is 4.72 Å². The molecule has 0 bridgehead atoms. The molecule has 0 spiro atoms. The number of carboxylic acid groups (broad SMARTS) is 1. The Morgan fingerprint density at radius 1 is 1.45 bits per heavy atom. The number of carboxylic acids is 1. The molecule has 0 aromatic heterocycles. The van der Waals surface area contributed by atoms with Crippen molar-refractivity contribution in [1.82, 2.24) is 4.72 Å². The number of carbonyl (C=O) groups is 1. The van der Waals surface area contributed by atoms with Crippen molar-refractivity contribution >= 4 is 16.0 Å². The topological polar surface area (TPSA) is 107 Å².